The van der Waals surface area contributed by atoms with Crippen molar-refractivity contribution in [1.82, 2.24) is 9.80 Å². The van der Waals surface area contributed by atoms with Gasteiger partial charge in [-0.15, -0.1) is 0 Å². The zero-order valence-corrected chi connectivity index (χ0v) is 10.3. The molecule has 0 atom stereocenters. The summed E-state index contributed by atoms with van der Waals surface area (Å²) in [6.45, 7) is 7.32. The Labute approximate surface area is 98.9 Å². The first-order valence-electron chi connectivity index (χ1n) is 6.03. The van der Waals surface area contributed by atoms with Gasteiger partial charge in [0.05, 0.1) is 0 Å². The van der Waals surface area contributed by atoms with Crippen molar-refractivity contribution in [2.45, 2.75) is 6.42 Å². The van der Waals surface area contributed by atoms with Crippen LogP contribution in [-0.2, 0) is 0 Å². The SMILES string of the molecule is NCCCN(CCN)CCN(CN)CCN. The predicted octanol–water partition coefficient (Wildman–Crippen LogP) is -2.23. The van der Waals surface area contributed by atoms with E-state index in [9.17, 15) is 0 Å². The van der Waals surface area contributed by atoms with E-state index in [0.717, 1.165) is 45.7 Å². The predicted molar refractivity (Wildman–Crippen MR) is 68.8 cm³/mol. The summed E-state index contributed by atoms with van der Waals surface area (Å²) in [5.41, 5.74) is 22.2. The van der Waals surface area contributed by atoms with E-state index in [1.54, 1.807) is 0 Å². The summed E-state index contributed by atoms with van der Waals surface area (Å²) in [7, 11) is 0. The molecule has 0 aliphatic rings. The van der Waals surface area contributed by atoms with Crippen LogP contribution < -0.4 is 22.9 Å². The lowest BCUT2D eigenvalue weighted by atomic mass is 10.3. The molecule has 0 radical (unpaired) electrons. The molecule has 0 amide bonds. The fourth-order valence-corrected chi connectivity index (χ4v) is 1.59. The third-order valence-electron chi connectivity index (χ3n) is 2.56. The number of nitrogens with zero attached hydrogens (tertiary/aromatic N) is 2. The van der Waals surface area contributed by atoms with Crippen LogP contribution in [0.5, 0.6) is 0 Å². The average Bonchev–Trinajstić information content (AvgIpc) is 2.30. The Morgan fingerprint density at radius 1 is 0.562 bits per heavy atom. The zero-order chi connectivity index (χ0) is 12.2. The maximum atomic E-state index is 5.63. The maximum absolute atomic E-state index is 5.63. The van der Waals surface area contributed by atoms with Gasteiger partial charge in [0.15, 0.2) is 0 Å². The van der Waals surface area contributed by atoms with Crippen molar-refractivity contribution in [2.24, 2.45) is 22.9 Å². The molecule has 0 heterocycles. The molecule has 0 aromatic heterocycles. The maximum Gasteiger partial charge on any atom is 0.0456 e. The second-order valence-electron chi connectivity index (χ2n) is 3.86. The van der Waals surface area contributed by atoms with Gasteiger partial charge in [-0.05, 0) is 19.5 Å². The number of hydrogen-bond acceptors (Lipinski definition) is 6. The van der Waals surface area contributed by atoms with Crippen LogP contribution in [0.15, 0.2) is 0 Å². The van der Waals surface area contributed by atoms with Crippen molar-refractivity contribution < 1.29 is 0 Å². The molecule has 6 nitrogen and oxygen atoms in total. The molecule has 98 valence electrons. The standard InChI is InChI=1S/C10H28N6/c11-2-1-5-15(6-3-12)8-9-16(10-14)7-4-13/h1-14H2. The minimum Gasteiger partial charge on any atom is -0.330 e. The van der Waals surface area contributed by atoms with Crippen LogP contribution in [0.2, 0.25) is 0 Å². The van der Waals surface area contributed by atoms with E-state index >= 15 is 0 Å². The first-order valence-corrected chi connectivity index (χ1v) is 6.03. The lowest BCUT2D eigenvalue weighted by molar-refractivity contribution is 0.211. The van der Waals surface area contributed by atoms with Crippen molar-refractivity contribution >= 4 is 0 Å². The molecule has 0 unspecified atom stereocenters. The van der Waals surface area contributed by atoms with Crippen LogP contribution in [0.1, 0.15) is 6.42 Å². The summed E-state index contributed by atoms with van der Waals surface area (Å²) in [5, 5.41) is 0. The van der Waals surface area contributed by atoms with Gasteiger partial charge in [-0.25, -0.2) is 0 Å². The first-order chi connectivity index (χ1) is 7.78. The minimum absolute atomic E-state index is 0.560. The highest BCUT2D eigenvalue weighted by Crippen LogP contribution is 1.92. The van der Waals surface area contributed by atoms with Gasteiger partial charge >= 0.3 is 0 Å². The quantitative estimate of drug-likeness (QED) is 0.300. The second-order valence-corrected chi connectivity index (χ2v) is 3.86. The highest BCUT2D eigenvalue weighted by Gasteiger charge is 2.06. The van der Waals surface area contributed by atoms with Crippen LogP contribution in [0.25, 0.3) is 0 Å². The van der Waals surface area contributed by atoms with E-state index < -0.39 is 0 Å². The molecule has 6 heteroatoms. The Morgan fingerprint density at radius 2 is 1.12 bits per heavy atom. The average molecular weight is 232 g/mol. The van der Waals surface area contributed by atoms with Gasteiger partial charge in [0.2, 0.25) is 0 Å². The van der Waals surface area contributed by atoms with Crippen LogP contribution in [0.4, 0.5) is 0 Å². The van der Waals surface area contributed by atoms with Crippen LogP contribution in [0.3, 0.4) is 0 Å². The third-order valence-corrected chi connectivity index (χ3v) is 2.56. The van der Waals surface area contributed by atoms with Crippen molar-refractivity contribution in [3.63, 3.8) is 0 Å². The lowest BCUT2D eigenvalue weighted by Gasteiger charge is -2.26. The summed E-state index contributed by atoms with van der Waals surface area (Å²) in [6, 6.07) is 0. The molecule has 0 rings (SSSR count). The van der Waals surface area contributed by atoms with Gasteiger partial charge in [0.1, 0.15) is 0 Å². The van der Waals surface area contributed by atoms with Gasteiger partial charge < -0.3 is 27.8 Å². The smallest absolute Gasteiger partial charge is 0.0456 e. The summed E-state index contributed by atoms with van der Waals surface area (Å²) >= 11 is 0. The number of hydrogen-bond donors (Lipinski definition) is 4. The third kappa shape index (κ3) is 7.98. The fourth-order valence-electron chi connectivity index (χ4n) is 1.59. The Kier molecular flexibility index (Phi) is 11.1. The molecule has 0 aromatic carbocycles. The zero-order valence-electron chi connectivity index (χ0n) is 10.3. The first kappa shape index (κ1) is 15.8. The number of nitrogens with two attached hydrogens (primary N) is 4. The Bertz CT molecular complexity index is 143. The highest BCUT2D eigenvalue weighted by molar-refractivity contribution is 4.63. The molecular formula is C10H28N6. The molecule has 0 aromatic rings. The molecule has 8 N–H and O–H groups in total. The summed E-state index contributed by atoms with van der Waals surface area (Å²) in [5.74, 6) is 0. The summed E-state index contributed by atoms with van der Waals surface area (Å²) < 4.78 is 0. The van der Waals surface area contributed by atoms with Crippen molar-refractivity contribution in [3.05, 3.63) is 0 Å². The molecule has 0 saturated carbocycles. The van der Waals surface area contributed by atoms with Crippen LogP contribution in [-0.4, -0.2) is 68.8 Å². The van der Waals surface area contributed by atoms with Crippen molar-refractivity contribution in [2.75, 3.05) is 59.0 Å². The topological polar surface area (TPSA) is 111 Å². The van der Waals surface area contributed by atoms with Gasteiger partial charge in [-0.3, -0.25) is 4.90 Å². The number of rotatable bonds is 11. The molecule has 0 aliphatic carbocycles. The monoisotopic (exact) mass is 232 g/mol. The van der Waals surface area contributed by atoms with Gasteiger partial charge in [-0.2, -0.15) is 0 Å². The van der Waals surface area contributed by atoms with E-state index in [1.807, 2.05) is 0 Å². The normalized spacial score (nSPS) is 11.6. The second kappa shape index (κ2) is 11.3. The Balaban J connectivity index is 3.78. The van der Waals surface area contributed by atoms with E-state index in [2.05, 4.69) is 9.80 Å². The minimum atomic E-state index is 0.560. The van der Waals surface area contributed by atoms with E-state index in [4.69, 9.17) is 22.9 Å². The van der Waals surface area contributed by atoms with Crippen molar-refractivity contribution in [3.8, 4) is 0 Å². The molecule has 0 fully saturated rings. The van der Waals surface area contributed by atoms with Gasteiger partial charge in [0, 0.05) is 45.9 Å². The molecular weight excluding hydrogens is 204 g/mol. The summed E-state index contributed by atoms with van der Waals surface area (Å²) in [6.07, 6.45) is 1.01. The van der Waals surface area contributed by atoms with Gasteiger partial charge in [0.25, 0.3) is 0 Å². The van der Waals surface area contributed by atoms with Crippen LogP contribution in [0, 0.1) is 0 Å². The van der Waals surface area contributed by atoms with E-state index in [0.29, 0.717) is 19.8 Å². The molecule has 0 saturated heterocycles. The Hall–Kier alpha value is -0.240. The molecule has 0 aliphatic heterocycles. The van der Waals surface area contributed by atoms with E-state index in [1.165, 1.54) is 0 Å². The summed E-state index contributed by atoms with van der Waals surface area (Å²) in [4.78, 5) is 4.47. The van der Waals surface area contributed by atoms with Gasteiger partial charge in [-0.1, -0.05) is 0 Å². The lowest BCUT2D eigenvalue weighted by Crippen LogP contribution is -2.42. The highest BCUT2D eigenvalue weighted by atomic mass is 15.2. The van der Waals surface area contributed by atoms with Crippen molar-refractivity contribution in [1.29, 1.82) is 0 Å². The Morgan fingerprint density at radius 3 is 1.62 bits per heavy atom. The van der Waals surface area contributed by atoms with Crippen LogP contribution >= 0.6 is 0 Å². The molecule has 0 bridgehead atoms. The largest absolute Gasteiger partial charge is 0.330 e. The molecule has 16 heavy (non-hydrogen) atoms. The molecule has 0 spiro atoms. The fraction of sp³-hybridized carbons (Fsp3) is 1.00. The van der Waals surface area contributed by atoms with E-state index in [-0.39, 0.29) is 0 Å².